The van der Waals surface area contributed by atoms with Crippen LogP contribution in [-0.2, 0) is 31.6 Å². The number of H-pyrrole nitrogens is 1. The van der Waals surface area contributed by atoms with Gasteiger partial charge in [0.1, 0.15) is 6.10 Å². The number of hydrogen-bond donors (Lipinski definition) is 7. The van der Waals surface area contributed by atoms with Gasteiger partial charge in [-0.1, -0.05) is 5.11 Å². The van der Waals surface area contributed by atoms with E-state index >= 15 is 0 Å². The van der Waals surface area contributed by atoms with Gasteiger partial charge in [-0.25, -0.2) is 18.7 Å². The second kappa shape index (κ2) is 9.44. The number of phosphoric ester groups is 1. The van der Waals surface area contributed by atoms with Crippen LogP contribution in [0.25, 0.3) is 21.6 Å². The maximum absolute atomic E-state index is 11.9. The summed E-state index contributed by atoms with van der Waals surface area (Å²) < 4.78 is 52.2. The van der Waals surface area contributed by atoms with E-state index in [-0.39, 0.29) is 17.1 Å². The number of hydrogen-bond acceptors (Lipinski definition) is 13. The second-order valence-electron chi connectivity index (χ2n) is 6.41. The Morgan fingerprint density at radius 1 is 1.26 bits per heavy atom. The molecule has 24 heteroatoms. The molecule has 0 amide bonds. The Morgan fingerprint density at radius 3 is 2.56 bits per heavy atom. The molecule has 0 spiro atoms. The lowest BCUT2D eigenvalue weighted by molar-refractivity contribution is -0.0482. The third-order valence-corrected chi connectivity index (χ3v) is 7.87. The zero-order chi connectivity index (χ0) is 25.5. The summed E-state index contributed by atoms with van der Waals surface area (Å²) in [5.41, 5.74) is 13.3. The molecule has 3 rings (SSSR count). The van der Waals surface area contributed by atoms with Crippen LogP contribution in [-0.4, -0.2) is 69.1 Å². The van der Waals surface area contributed by atoms with E-state index in [1.165, 1.54) is 0 Å². The molecular weight excluding hydrogens is 533 g/mol. The molecule has 1 aliphatic heterocycles. The highest BCUT2D eigenvalue weighted by molar-refractivity contribution is 7.66. The fraction of sp³-hybridized carbons (Fsp3) is 0.500. The molecule has 188 valence electrons. The van der Waals surface area contributed by atoms with Crippen molar-refractivity contribution in [3.63, 3.8) is 0 Å². The van der Waals surface area contributed by atoms with Gasteiger partial charge in [-0.05, 0) is 5.53 Å². The van der Waals surface area contributed by atoms with Crippen molar-refractivity contribution in [3.8, 4) is 0 Å². The number of aromatic nitrogens is 4. The SMILES string of the molecule is [N-]=[N+]=N[C@@H]1[C@@H](O)[C@H](n2cnc3c(=O)[nH]c(N)nc32)O[C@@H]1COP(=O)(O)OP(=O)(O)OP(=O)(O)O. The minimum absolute atomic E-state index is 0.126. The van der Waals surface area contributed by atoms with Crippen molar-refractivity contribution in [2.45, 2.75) is 24.5 Å². The quantitative estimate of drug-likeness (QED) is 0.0853. The van der Waals surface area contributed by atoms with Crippen LogP contribution in [0, 0.1) is 0 Å². The van der Waals surface area contributed by atoms with Gasteiger partial charge in [-0.3, -0.25) is 18.9 Å². The van der Waals surface area contributed by atoms with Crippen LogP contribution in [0.1, 0.15) is 6.23 Å². The Kier molecular flexibility index (Phi) is 7.33. The van der Waals surface area contributed by atoms with E-state index in [9.17, 15) is 33.4 Å². The predicted octanol–water partition coefficient (Wildman–Crippen LogP) is -1.02. The van der Waals surface area contributed by atoms with Gasteiger partial charge in [-0.15, -0.1) is 0 Å². The van der Waals surface area contributed by atoms with Gasteiger partial charge in [0.2, 0.25) is 5.95 Å². The smallest absolute Gasteiger partial charge is 0.388 e. The molecule has 0 aliphatic carbocycles. The zero-order valence-corrected chi connectivity index (χ0v) is 18.9. The predicted molar refractivity (Wildman–Crippen MR) is 105 cm³/mol. The van der Waals surface area contributed by atoms with Crippen molar-refractivity contribution in [1.82, 2.24) is 19.5 Å². The number of imidazole rings is 1. The molecule has 2 unspecified atom stereocenters. The number of nitrogens with one attached hydrogen (secondary N) is 1. The number of nitrogens with two attached hydrogens (primary N) is 1. The summed E-state index contributed by atoms with van der Waals surface area (Å²) >= 11 is 0. The first-order valence-corrected chi connectivity index (χ1v) is 13.0. The number of phosphoric acid groups is 3. The van der Waals surface area contributed by atoms with E-state index in [1.807, 2.05) is 0 Å². The molecule has 1 fully saturated rings. The Bertz CT molecular complexity index is 1330. The third-order valence-electron chi connectivity index (χ3n) is 4.06. The standard InChI is InChI=1S/C10H15N8O13P3/c11-10-14-7-5(8(20)15-10)13-2-18(7)9-6(19)4(16-17-12)3(29-9)1-28-33(24,25)31-34(26,27)30-32(21,22)23/h2-4,6,9,19H,1H2,(H,24,25)(H,26,27)(H2,21,22,23)(H3,11,14,15,20)/t3-,4+,6-,9-/m1/s1. The van der Waals surface area contributed by atoms with Crippen molar-refractivity contribution < 1.29 is 56.3 Å². The van der Waals surface area contributed by atoms with Crippen molar-refractivity contribution in [1.29, 1.82) is 0 Å². The number of anilines is 1. The van der Waals surface area contributed by atoms with Gasteiger partial charge in [0.25, 0.3) is 5.56 Å². The van der Waals surface area contributed by atoms with Crippen LogP contribution >= 0.6 is 23.5 Å². The fourth-order valence-electron chi connectivity index (χ4n) is 2.90. The molecule has 3 heterocycles. The topological polar surface area (TPSA) is 328 Å². The summed E-state index contributed by atoms with van der Waals surface area (Å²) in [6.45, 7) is -1.01. The Morgan fingerprint density at radius 2 is 1.94 bits per heavy atom. The first-order chi connectivity index (χ1) is 15.6. The van der Waals surface area contributed by atoms with Gasteiger partial charge in [0, 0.05) is 4.91 Å². The Labute approximate surface area is 186 Å². The highest BCUT2D eigenvalue weighted by Gasteiger charge is 2.47. The Balaban J connectivity index is 1.81. The molecule has 2 aromatic rings. The van der Waals surface area contributed by atoms with Crippen LogP contribution < -0.4 is 11.3 Å². The molecule has 1 saturated heterocycles. The third kappa shape index (κ3) is 6.07. The normalized spacial score (nSPS) is 26.6. The van der Waals surface area contributed by atoms with Gasteiger partial charge >= 0.3 is 23.5 Å². The van der Waals surface area contributed by atoms with Crippen molar-refractivity contribution in [2.24, 2.45) is 5.11 Å². The lowest BCUT2D eigenvalue weighted by Crippen LogP contribution is -2.32. The summed E-state index contributed by atoms with van der Waals surface area (Å²) in [6, 6.07) is -1.47. The minimum Gasteiger partial charge on any atom is -0.388 e. The first kappa shape index (κ1) is 26.4. The fourth-order valence-corrected chi connectivity index (χ4v) is 5.93. The molecule has 21 nitrogen and oxygen atoms in total. The van der Waals surface area contributed by atoms with Crippen molar-refractivity contribution >= 4 is 40.6 Å². The molecule has 8 N–H and O–H groups in total. The van der Waals surface area contributed by atoms with Crippen LogP contribution in [0.15, 0.2) is 16.2 Å². The highest BCUT2D eigenvalue weighted by atomic mass is 31.3. The summed E-state index contributed by atoms with van der Waals surface area (Å²) in [4.78, 5) is 60.2. The van der Waals surface area contributed by atoms with E-state index < -0.39 is 60.1 Å². The van der Waals surface area contributed by atoms with E-state index in [1.54, 1.807) is 0 Å². The summed E-state index contributed by atoms with van der Waals surface area (Å²) in [7, 11) is -16.9. The number of rotatable bonds is 9. The summed E-state index contributed by atoms with van der Waals surface area (Å²) in [5.74, 6) is -0.289. The van der Waals surface area contributed by atoms with E-state index in [0.717, 1.165) is 10.9 Å². The first-order valence-electron chi connectivity index (χ1n) is 8.51. The lowest BCUT2D eigenvalue weighted by atomic mass is 10.1. The average Bonchev–Trinajstić information content (AvgIpc) is 3.19. The van der Waals surface area contributed by atoms with Crippen LogP contribution in [0.2, 0.25) is 0 Å². The molecule has 0 aromatic carbocycles. The number of azide groups is 1. The molecule has 34 heavy (non-hydrogen) atoms. The summed E-state index contributed by atoms with van der Waals surface area (Å²) in [5, 5.41) is 13.9. The number of nitrogen functional groups attached to an aromatic ring is 1. The average molecular weight is 548 g/mol. The number of fused-ring (bicyclic) bond motifs is 1. The lowest BCUT2D eigenvalue weighted by Gasteiger charge is -2.19. The Hall–Kier alpha value is -2.21. The largest absolute Gasteiger partial charge is 0.490 e. The van der Waals surface area contributed by atoms with Gasteiger partial charge in [0.15, 0.2) is 17.4 Å². The highest BCUT2D eigenvalue weighted by Crippen LogP contribution is 2.66. The second-order valence-corrected chi connectivity index (χ2v) is 10.8. The van der Waals surface area contributed by atoms with Crippen molar-refractivity contribution in [3.05, 3.63) is 27.1 Å². The van der Waals surface area contributed by atoms with Gasteiger partial charge in [-0.2, -0.15) is 13.6 Å². The van der Waals surface area contributed by atoms with E-state index in [2.05, 4.69) is 38.1 Å². The molecule has 0 saturated carbocycles. The van der Waals surface area contributed by atoms with Crippen LogP contribution in [0.4, 0.5) is 5.95 Å². The molecule has 0 radical (unpaired) electrons. The van der Waals surface area contributed by atoms with E-state index in [0.29, 0.717) is 0 Å². The van der Waals surface area contributed by atoms with Crippen molar-refractivity contribution in [2.75, 3.05) is 12.3 Å². The molecule has 6 atom stereocenters. The van der Waals surface area contributed by atoms with Crippen LogP contribution in [0.3, 0.4) is 0 Å². The van der Waals surface area contributed by atoms with Crippen LogP contribution in [0.5, 0.6) is 0 Å². The van der Waals surface area contributed by atoms with Gasteiger partial charge in [0.05, 0.1) is 25.1 Å². The zero-order valence-electron chi connectivity index (χ0n) is 16.2. The minimum atomic E-state index is -5.76. The number of nitrogens with zero attached hydrogens (tertiary/aromatic N) is 6. The molecular formula is C10H15N8O13P3. The van der Waals surface area contributed by atoms with Gasteiger partial charge < -0.3 is 35.2 Å². The van der Waals surface area contributed by atoms with E-state index in [4.69, 9.17) is 25.8 Å². The maximum atomic E-state index is 11.9. The molecule has 2 aromatic heterocycles. The molecule has 0 bridgehead atoms. The number of aromatic amines is 1. The number of ether oxygens (including phenoxy) is 1. The molecule has 1 aliphatic rings. The number of aliphatic hydroxyl groups excluding tert-OH is 1. The monoisotopic (exact) mass is 548 g/mol. The number of aliphatic hydroxyl groups is 1. The maximum Gasteiger partial charge on any atom is 0.490 e. The summed E-state index contributed by atoms with van der Waals surface area (Å²) in [6.07, 6.45) is -3.51.